The SMILES string of the molecule is CC(C)(C)[Si](C)(C)OC/C=C/c1cn(-c2ccc(S(C)(=O)=O)cc2)c(=O)c(-c2cncnc2)n1. The number of benzene rings is 1. The quantitative estimate of drug-likeness (QED) is 0.451. The van der Waals surface area contributed by atoms with Gasteiger partial charge in [0.05, 0.1) is 17.2 Å². The molecule has 0 aliphatic carbocycles. The zero-order chi connectivity index (χ0) is 25.1. The highest BCUT2D eigenvalue weighted by Gasteiger charge is 2.36. The van der Waals surface area contributed by atoms with Crippen LogP contribution in [0.5, 0.6) is 0 Å². The van der Waals surface area contributed by atoms with E-state index in [0.717, 1.165) is 6.26 Å². The molecule has 8 nitrogen and oxygen atoms in total. The summed E-state index contributed by atoms with van der Waals surface area (Å²) >= 11 is 0. The van der Waals surface area contributed by atoms with Crippen LogP contribution in [-0.4, -0.2) is 49.1 Å². The Morgan fingerprint density at radius 2 is 1.71 bits per heavy atom. The topological polar surface area (TPSA) is 104 Å². The van der Waals surface area contributed by atoms with Crippen LogP contribution in [-0.2, 0) is 14.3 Å². The fourth-order valence-corrected chi connectivity index (χ4v) is 4.46. The summed E-state index contributed by atoms with van der Waals surface area (Å²) in [7, 11) is -5.24. The Balaban J connectivity index is 2.01. The minimum absolute atomic E-state index is 0.102. The van der Waals surface area contributed by atoms with E-state index < -0.39 is 18.2 Å². The molecule has 180 valence electrons. The molecule has 0 atom stereocenters. The van der Waals surface area contributed by atoms with Gasteiger partial charge in [-0.05, 0) is 48.5 Å². The lowest BCUT2D eigenvalue weighted by Crippen LogP contribution is -2.40. The van der Waals surface area contributed by atoms with Crippen molar-refractivity contribution >= 4 is 24.2 Å². The van der Waals surface area contributed by atoms with E-state index in [1.165, 1.54) is 35.4 Å². The van der Waals surface area contributed by atoms with E-state index in [2.05, 4.69) is 48.8 Å². The molecule has 0 radical (unpaired) electrons. The third kappa shape index (κ3) is 5.94. The normalized spacial score (nSPS) is 12.9. The van der Waals surface area contributed by atoms with Crippen molar-refractivity contribution < 1.29 is 12.8 Å². The van der Waals surface area contributed by atoms with Crippen molar-refractivity contribution in [1.82, 2.24) is 19.5 Å². The Labute approximate surface area is 201 Å². The molecular formula is C24H30N4O4SSi. The van der Waals surface area contributed by atoms with Gasteiger partial charge in [-0.15, -0.1) is 0 Å². The van der Waals surface area contributed by atoms with Crippen molar-refractivity contribution in [2.45, 2.75) is 43.8 Å². The molecule has 0 unspecified atom stereocenters. The third-order valence-electron chi connectivity index (χ3n) is 5.94. The lowest BCUT2D eigenvalue weighted by atomic mass is 10.2. The van der Waals surface area contributed by atoms with Gasteiger partial charge in [-0.1, -0.05) is 26.8 Å². The molecule has 0 N–H and O–H groups in total. The Morgan fingerprint density at radius 1 is 1.09 bits per heavy atom. The summed E-state index contributed by atoms with van der Waals surface area (Å²) in [4.78, 5) is 26.0. The number of sulfone groups is 1. The molecular weight excluding hydrogens is 468 g/mol. The number of rotatable bonds is 7. The highest BCUT2D eigenvalue weighted by Crippen LogP contribution is 2.36. The van der Waals surface area contributed by atoms with E-state index >= 15 is 0 Å². The second-order valence-corrected chi connectivity index (χ2v) is 16.4. The van der Waals surface area contributed by atoms with E-state index in [0.29, 0.717) is 23.6 Å². The van der Waals surface area contributed by atoms with Gasteiger partial charge in [0.1, 0.15) is 12.0 Å². The zero-order valence-electron chi connectivity index (χ0n) is 20.3. The van der Waals surface area contributed by atoms with Crippen LogP contribution >= 0.6 is 0 Å². The van der Waals surface area contributed by atoms with Crippen molar-refractivity contribution in [2.75, 3.05) is 12.9 Å². The first kappa shape index (κ1) is 25.7. The predicted molar refractivity (Wildman–Crippen MR) is 136 cm³/mol. The largest absolute Gasteiger partial charge is 0.413 e. The average molecular weight is 499 g/mol. The second kappa shape index (κ2) is 9.73. The van der Waals surface area contributed by atoms with Crippen LogP contribution in [0.25, 0.3) is 23.0 Å². The maximum absolute atomic E-state index is 13.3. The van der Waals surface area contributed by atoms with Crippen LogP contribution in [0, 0.1) is 0 Å². The number of hydrogen-bond acceptors (Lipinski definition) is 7. The van der Waals surface area contributed by atoms with Gasteiger partial charge in [0.2, 0.25) is 0 Å². The van der Waals surface area contributed by atoms with Crippen molar-refractivity contribution in [3.05, 3.63) is 71.3 Å². The van der Waals surface area contributed by atoms with Gasteiger partial charge in [-0.3, -0.25) is 9.36 Å². The number of aromatic nitrogens is 4. The van der Waals surface area contributed by atoms with E-state index in [-0.39, 0.29) is 21.2 Å². The minimum Gasteiger partial charge on any atom is -0.413 e. The van der Waals surface area contributed by atoms with Gasteiger partial charge in [0.15, 0.2) is 18.2 Å². The fourth-order valence-electron chi connectivity index (χ4n) is 2.89. The minimum atomic E-state index is -3.35. The van der Waals surface area contributed by atoms with Gasteiger partial charge in [0.25, 0.3) is 5.56 Å². The van der Waals surface area contributed by atoms with E-state index in [1.54, 1.807) is 24.4 Å². The Hall–Kier alpha value is -2.95. The van der Waals surface area contributed by atoms with Gasteiger partial charge in [0, 0.05) is 36.1 Å². The van der Waals surface area contributed by atoms with E-state index in [9.17, 15) is 13.2 Å². The monoisotopic (exact) mass is 498 g/mol. The smallest absolute Gasteiger partial charge is 0.281 e. The van der Waals surface area contributed by atoms with Gasteiger partial charge in [-0.2, -0.15) is 0 Å². The lowest BCUT2D eigenvalue weighted by Gasteiger charge is -2.35. The summed E-state index contributed by atoms with van der Waals surface area (Å²) < 4.78 is 31.3. The molecule has 0 fully saturated rings. The first-order valence-electron chi connectivity index (χ1n) is 10.8. The highest BCUT2D eigenvalue weighted by atomic mass is 32.2. The summed E-state index contributed by atoms with van der Waals surface area (Å²) in [5.74, 6) is 0. The molecule has 3 aromatic rings. The van der Waals surface area contributed by atoms with Crippen LogP contribution in [0.4, 0.5) is 0 Å². The van der Waals surface area contributed by atoms with Gasteiger partial charge < -0.3 is 4.43 Å². The summed E-state index contributed by atoms with van der Waals surface area (Å²) in [5.41, 5.74) is 1.38. The molecule has 3 rings (SSSR count). The first-order valence-corrected chi connectivity index (χ1v) is 15.6. The Morgan fingerprint density at radius 3 is 2.26 bits per heavy atom. The summed E-state index contributed by atoms with van der Waals surface area (Å²) in [6.07, 6.45) is 10.9. The van der Waals surface area contributed by atoms with Gasteiger partial charge in [-0.25, -0.2) is 23.4 Å². The standard InChI is InChI=1S/C24H30N4O4SSi/c1-24(2,3)34(5,6)32-13-7-8-19-16-28(20-9-11-21(12-10-20)33(4,30)31)23(29)22(27-19)18-14-25-17-26-15-18/h7-12,14-17H,13H2,1-6H3/b8-7+. The summed E-state index contributed by atoms with van der Waals surface area (Å²) in [5, 5.41) is 0.102. The van der Waals surface area contributed by atoms with E-state index in [4.69, 9.17) is 4.43 Å². The van der Waals surface area contributed by atoms with Crippen molar-refractivity contribution in [2.24, 2.45) is 0 Å². The average Bonchev–Trinajstić information content (AvgIpc) is 2.77. The molecule has 0 saturated heterocycles. The molecule has 0 aliphatic rings. The van der Waals surface area contributed by atoms with Crippen LogP contribution in [0.2, 0.25) is 18.1 Å². The summed E-state index contributed by atoms with van der Waals surface area (Å²) in [6.45, 7) is 11.4. The predicted octanol–water partition coefficient (Wildman–Crippen LogP) is 4.13. The van der Waals surface area contributed by atoms with Crippen molar-refractivity contribution in [3.8, 4) is 16.9 Å². The number of hydrogen-bond donors (Lipinski definition) is 0. The molecule has 0 spiro atoms. The Bertz CT molecular complexity index is 1340. The molecule has 0 aliphatic heterocycles. The molecule has 10 heteroatoms. The molecule has 34 heavy (non-hydrogen) atoms. The second-order valence-electron chi connectivity index (χ2n) is 9.56. The van der Waals surface area contributed by atoms with Crippen LogP contribution < -0.4 is 5.56 Å². The van der Waals surface area contributed by atoms with Gasteiger partial charge >= 0.3 is 0 Å². The first-order chi connectivity index (χ1) is 15.8. The lowest BCUT2D eigenvalue weighted by molar-refractivity contribution is 0.328. The Kier molecular flexibility index (Phi) is 7.34. The maximum Gasteiger partial charge on any atom is 0.281 e. The summed E-state index contributed by atoms with van der Waals surface area (Å²) in [6, 6.07) is 6.14. The molecule has 0 saturated carbocycles. The molecule has 2 heterocycles. The molecule has 1 aromatic carbocycles. The van der Waals surface area contributed by atoms with Crippen molar-refractivity contribution in [1.29, 1.82) is 0 Å². The van der Waals surface area contributed by atoms with E-state index in [1.807, 2.05) is 6.08 Å². The van der Waals surface area contributed by atoms with Crippen LogP contribution in [0.15, 0.2) is 64.9 Å². The van der Waals surface area contributed by atoms with Crippen LogP contribution in [0.1, 0.15) is 26.5 Å². The molecule has 0 amide bonds. The third-order valence-corrected chi connectivity index (χ3v) is 11.6. The number of nitrogens with zero attached hydrogens (tertiary/aromatic N) is 4. The molecule has 0 bridgehead atoms. The van der Waals surface area contributed by atoms with Crippen LogP contribution in [0.3, 0.4) is 0 Å². The zero-order valence-corrected chi connectivity index (χ0v) is 22.1. The maximum atomic E-state index is 13.3. The fraction of sp³-hybridized carbons (Fsp3) is 0.333. The van der Waals surface area contributed by atoms with Crippen molar-refractivity contribution in [3.63, 3.8) is 0 Å². The highest BCUT2D eigenvalue weighted by molar-refractivity contribution is 7.90. The molecule has 2 aromatic heterocycles.